The van der Waals surface area contributed by atoms with Crippen LogP contribution in [-0.4, -0.2) is 20.0 Å². The van der Waals surface area contributed by atoms with E-state index in [0.29, 0.717) is 6.54 Å². The lowest BCUT2D eigenvalue weighted by molar-refractivity contribution is 0.630. The molecular formula is C10H11N5. The second-order valence-corrected chi connectivity index (χ2v) is 3.62. The zero-order valence-electron chi connectivity index (χ0n) is 8.22. The van der Waals surface area contributed by atoms with E-state index in [-0.39, 0.29) is 0 Å². The Hall–Kier alpha value is -1.75. The smallest absolute Gasteiger partial charge is 0.0850 e. The number of fused-ring (bicyclic) bond motifs is 1. The molecule has 76 valence electrons. The Morgan fingerprint density at radius 2 is 2.40 bits per heavy atom. The van der Waals surface area contributed by atoms with Gasteiger partial charge in [-0.3, -0.25) is 4.68 Å². The number of nitrogens with zero attached hydrogens (tertiary/aromatic N) is 4. The fraction of sp³-hybridized carbons (Fsp3) is 0.300. The van der Waals surface area contributed by atoms with Gasteiger partial charge in [0, 0.05) is 31.0 Å². The molecule has 1 aliphatic rings. The highest BCUT2D eigenvalue weighted by Crippen LogP contribution is 2.13. The maximum Gasteiger partial charge on any atom is 0.0850 e. The van der Waals surface area contributed by atoms with Crippen LogP contribution in [0.1, 0.15) is 17.0 Å². The fourth-order valence-electron chi connectivity index (χ4n) is 1.78. The quantitative estimate of drug-likeness (QED) is 0.760. The van der Waals surface area contributed by atoms with Crippen molar-refractivity contribution in [3.63, 3.8) is 0 Å². The molecule has 0 aromatic carbocycles. The van der Waals surface area contributed by atoms with E-state index in [0.717, 1.165) is 24.5 Å². The molecule has 3 heterocycles. The third-order valence-corrected chi connectivity index (χ3v) is 2.48. The van der Waals surface area contributed by atoms with Crippen molar-refractivity contribution in [1.29, 1.82) is 0 Å². The molecular weight excluding hydrogens is 190 g/mol. The zero-order chi connectivity index (χ0) is 10.1. The van der Waals surface area contributed by atoms with Crippen LogP contribution in [0.5, 0.6) is 0 Å². The first-order valence-corrected chi connectivity index (χ1v) is 4.94. The number of nitrogens with one attached hydrogen (secondary N) is 1. The van der Waals surface area contributed by atoms with Gasteiger partial charge in [0.2, 0.25) is 0 Å². The van der Waals surface area contributed by atoms with Crippen molar-refractivity contribution in [3.05, 3.63) is 41.5 Å². The van der Waals surface area contributed by atoms with Crippen LogP contribution >= 0.6 is 0 Å². The van der Waals surface area contributed by atoms with Gasteiger partial charge < -0.3 is 5.32 Å². The van der Waals surface area contributed by atoms with Crippen molar-refractivity contribution in [3.8, 4) is 0 Å². The van der Waals surface area contributed by atoms with Crippen LogP contribution in [0.3, 0.4) is 0 Å². The van der Waals surface area contributed by atoms with Crippen molar-refractivity contribution in [2.24, 2.45) is 0 Å². The highest BCUT2D eigenvalue weighted by molar-refractivity contribution is 5.21. The molecule has 2 aromatic rings. The van der Waals surface area contributed by atoms with Gasteiger partial charge in [0.05, 0.1) is 17.9 Å². The average molecular weight is 201 g/mol. The van der Waals surface area contributed by atoms with Crippen LogP contribution in [0.2, 0.25) is 0 Å². The molecule has 0 spiro atoms. The monoisotopic (exact) mass is 201 g/mol. The van der Waals surface area contributed by atoms with Crippen LogP contribution in [-0.2, 0) is 19.6 Å². The molecule has 3 rings (SSSR count). The number of aromatic nitrogens is 4. The molecule has 0 aliphatic carbocycles. The van der Waals surface area contributed by atoms with Gasteiger partial charge in [0.15, 0.2) is 0 Å². The average Bonchev–Trinajstić information content (AvgIpc) is 2.79. The Bertz CT molecular complexity index is 440. The molecule has 1 N–H and O–H groups in total. The van der Waals surface area contributed by atoms with Crippen LogP contribution in [0, 0.1) is 0 Å². The largest absolute Gasteiger partial charge is 0.307 e. The van der Waals surface area contributed by atoms with E-state index in [4.69, 9.17) is 0 Å². The Labute approximate surface area is 87.1 Å². The molecule has 0 saturated carbocycles. The van der Waals surface area contributed by atoms with E-state index in [1.807, 2.05) is 16.8 Å². The summed E-state index contributed by atoms with van der Waals surface area (Å²) in [6.07, 6.45) is 3.75. The van der Waals surface area contributed by atoms with E-state index in [1.165, 1.54) is 5.56 Å². The number of hydrogen-bond acceptors (Lipinski definition) is 4. The zero-order valence-corrected chi connectivity index (χ0v) is 8.22. The summed E-state index contributed by atoms with van der Waals surface area (Å²) < 4.78 is 1.93. The SMILES string of the molecule is c1cnnc(Cn2cc3c(n2)CNC3)c1. The van der Waals surface area contributed by atoms with Gasteiger partial charge in [-0.1, -0.05) is 0 Å². The van der Waals surface area contributed by atoms with Gasteiger partial charge in [0.1, 0.15) is 0 Å². The van der Waals surface area contributed by atoms with E-state index in [2.05, 4.69) is 26.8 Å². The molecule has 5 nitrogen and oxygen atoms in total. The normalized spacial score (nSPS) is 14.1. The molecule has 5 heteroatoms. The Kier molecular flexibility index (Phi) is 1.96. The highest BCUT2D eigenvalue weighted by Gasteiger charge is 2.14. The summed E-state index contributed by atoms with van der Waals surface area (Å²) in [6, 6.07) is 3.85. The summed E-state index contributed by atoms with van der Waals surface area (Å²) in [7, 11) is 0. The van der Waals surface area contributed by atoms with Crippen molar-refractivity contribution in [1.82, 2.24) is 25.3 Å². The topological polar surface area (TPSA) is 55.6 Å². The standard InChI is InChI=1S/C10H11N5/c1-2-9(13-12-3-1)7-15-6-8-4-11-5-10(8)14-15/h1-3,6,11H,4-5,7H2. The first kappa shape index (κ1) is 8.55. The molecule has 0 amide bonds. The minimum Gasteiger partial charge on any atom is -0.307 e. The molecule has 0 bridgehead atoms. The lowest BCUT2D eigenvalue weighted by Crippen LogP contribution is -2.07. The predicted molar refractivity (Wildman–Crippen MR) is 53.9 cm³/mol. The molecule has 2 aromatic heterocycles. The molecule has 0 radical (unpaired) electrons. The summed E-state index contributed by atoms with van der Waals surface area (Å²) in [5.74, 6) is 0. The Balaban J connectivity index is 1.83. The minimum absolute atomic E-state index is 0.695. The third-order valence-electron chi connectivity index (χ3n) is 2.48. The van der Waals surface area contributed by atoms with E-state index < -0.39 is 0 Å². The Morgan fingerprint density at radius 3 is 3.20 bits per heavy atom. The van der Waals surface area contributed by atoms with Gasteiger partial charge in [-0.25, -0.2) is 0 Å². The maximum atomic E-state index is 4.47. The lowest BCUT2D eigenvalue weighted by atomic mass is 10.3. The van der Waals surface area contributed by atoms with Gasteiger partial charge in [-0.15, -0.1) is 0 Å². The lowest BCUT2D eigenvalue weighted by Gasteiger charge is -2.00. The third kappa shape index (κ3) is 1.61. The maximum absolute atomic E-state index is 4.47. The van der Waals surface area contributed by atoms with Crippen molar-refractivity contribution in [2.45, 2.75) is 19.6 Å². The van der Waals surface area contributed by atoms with Crippen molar-refractivity contribution in [2.75, 3.05) is 0 Å². The van der Waals surface area contributed by atoms with Crippen LogP contribution < -0.4 is 5.32 Å². The van der Waals surface area contributed by atoms with Crippen LogP contribution in [0.4, 0.5) is 0 Å². The van der Waals surface area contributed by atoms with Gasteiger partial charge >= 0.3 is 0 Å². The second-order valence-electron chi connectivity index (χ2n) is 3.62. The van der Waals surface area contributed by atoms with E-state index in [9.17, 15) is 0 Å². The summed E-state index contributed by atoms with van der Waals surface area (Å²) in [5, 5.41) is 15.6. The van der Waals surface area contributed by atoms with Crippen LogP contribution in [0.25, 0.3) is 0 Å². The van der Waals surface area contributed by atoms with E-state index >= 15 is 0 Å². The minimum atomic E-state index is 0.695. The molecule has 0 fully saturated rings. The first-order valence-electron chi connectivity index (χ1n) is 4.94. The van der Waals surface area contributed by atoms with Gasteiger partial charge in [-0.05, 0) is 12.1 Å². The van der Waals surface area contributed by atoms with Crippen LogP contribution in [0.15, 0.2) is 24.5 Å². The Morgan fingerprint density at radius 1 is 1.40 bits per heavy atom. The summed E-state index contributed by atoms with van der Waals surface area (Å²) in [6.45, 7) is 2.50. The highest BCUT2D eigenvalue weighted by atomic mass is 15.3. The molecule has 1 aliphatic heterocycles. The van der Waals surface area contributed by atoms with Crippen molar-refractivity contribution < 1.29 is 0 Å². The number of hydrogen-bond donors (Lipinski definition) is 1. The summed E-state index contributed by atoms with van der Waals surface area (Å²) in [4.78, 5) is 0. The summed E-state index contributed by atoms with van der Waals surface area (Å²) >= 11 is 0. The predicted octanol–water partition coefficient (Wildman–Crippen LogP) is 0.325. The molecule has 0 unspecified atom stereocenters. The van der Waals surface area contributed by atoms with Gasteiger partial charge in [-0.2, -0.15) is 15.3 Å². The van der Waals surface area contributed by atoms with Gasteiger partial charge in [0.25, 0.3) is 0 Å². The first-order chi connectivity index (χ1) is 7.42. The molecule has 0 atom stereocenters. The number of rotatable bonds is 2. The second kappa shape index (κ2) is 3.43. The fourth-order valence-corrected chi connectivity index (χ4v) is 1.78. The molecule has 0 saturated heterocycles. The van der Waals surface area contributed by atoms with Crippen molar-refractivity contribution >= 4 is 0 Å². The summed E-state index contributed by atoms with van der Waals surface area (Å²) in [5.41, 5.74) is 3.38. The van der Waals surface area contributed by atoms with E-state index in [1.54, 1.807) is 6.20 Å². The molecule has 15 heavy (non-hydrogen) atoms.